The first-order valence-corrected chi connectivity index (χ1v) is 10.2. The third-order valence-corrected chi connectivity index (χ3v) is 5.44. The number of anilines is 1. The van der Waals surface area contributed by atoms with E-state index in [9.17, 15) is 4.79 Å². The number of amides is 1. The lowest BCUT2D eigenvalue weighted by molar-refractivity contribution is 0.0823. The van der Waals surface area contributed by atoms with Gasteiger partial charge in [-0.25, -0.2) is 9.48 Å². The molecule has 1 aliphatic heterocycles. The summed E-state index contributed by atoms with van der Waals surface area (Å²) < 4.78 is 7.10. The van der Waals surface area contributed by atoms with E-state index in [1.54, 1.807) is 15.6 Å². The molecule has 1 saturated heterocycles. The summed E-state index contributed by atoms with van der Waals surface area (Å²) in [4.78, 5) is 14.1. The van der Waals surface area contributed by atoms with Gasteiger partial charge in [0.1, 0.15) is 12.3 Å². The maximum Gasteiger partial charge on any atom is 0.410 e. The van der Waals surface area contributed by atoms with Crippen LogP contribution >= 0.6 is 11.6 Å². The molecule has 156 valence electrons. The number of rotatable bonds is 5. The number of hydrogen-bond acceptors (Lipinski definition) is 6. The number of piperidine rings is 1. The van der Waals surface area contributed by atoms with Crippen molar-refractivity contribution in [1.29, 1.82) is 0 Å². The molecule has 3 heterocycles. The summed E-state index contributed by atoms with van der Waals surface area (Å²) in [7, 11) is 0. The average Bonchev–Trinajstić information content (AvgIpc) is 3.23. The van der Waals surface area contributed by atoms with Crippen molar-refractivity contribution in [3.63, 3.8) is 0 Å². The van der Waals surface area contributed by atoms with Crippen molar-refractivity contribution in [2.45, 2.75) is 25.9 Å². The van der Waals surface area contributed by atoms with Crippen LogP contribution in [-0.4, -0.2) is 44.1 Å². The van der Waals surface area contributed by atoms with E-state index in [2.05, 4.69) is 15.3 Å². The molecule has 9 heteroatoms. The van der Waals surface area contributed by atoms with Gasteiger partial charge in [-0.1, -0.05) is 41.9 Å². The Balaban J connectivity index is 1.27. The minimum atomic E-state index is -0.248. The Labute approximate surface area is 179 Å². The Morgan fingerprint density at radius 3 is 2.70 bits per heavy atom. The first-order valence-electron chi connectivity index (χ1n) is 9.87. The van der Waals surface area contributed by atoms with Gasteiger partial charge in [-0.05, 0) is 36.3 Å². The zero-order valence-electron chi connectivity index (χ0n) is 16.4. The van der Waals surface area contributed by atoms with Gasteiger partial charge in [-0.2, -0.15) is 5.10 Å². The number of benzene rings is 1. The average molecular weight is 427 g/mol. The second-order valence-electron chi connectivity index (χ2n) is 7.41. The lowest BCUT2D eigenvalue weighted by atomic mass is 9.91. The van der Waals surface area contributed by atoms with Gasteiger partial charge in [-0.15, -0.1) is 10.2 Å². The fraction of sp³-hybridized carbons (Fsp3) is 0.333. The van der Waals surface area contributed by atoms with Crippen molar-refractivity contribution in [2.24, 2.45) is 5.92 Å². The molecule has 8 nitrogen and oxygen atoms in total. The maximum atomic E-state index is 12.3. The molecule has 4 rings (SSSR count). The number of nitrogens with two attached hydrogens (primary N) is 1. The van der Waals surface area contributed by atoms with Gasteiger partial charge in [-0.3, -0.25) is 0 Å². The highest BCUT2D eigenvalue weighted by molar-refractivity contribution is 6.29. The number of nitrogen functional groups attached to an aromatic ring is 1. The molecule has 1 aliphatic rings. The molecule has 0 bridgehead atoms. The fourth-order valence-corrected chi connectivity index (χ4v) is 3.75. The molecule has 0 radical (unpaired) electrons. The summed E-state index contributed by atoms with van der Waals surface area (Å²) in [5.74, 6) is 0.758. The van der Waals surface area contributed by atoms with E-state index in [1.165, 1.54) is 0 Å². The van der Waals surface area contributed by atoms with Gasteiger partial charge >= 0.3 is 6.09 Å². The van der Waals surface area contributed by atoms with Crippen LogP contribution in [0.1, 0.15) is 24.0 Å². The molecular weight excluding hydrogens is 404 g/mol. The zero-order chi connectivity index (χ0) is 20.9. The molecule has 0 aliphatic carbocycles. The van der Waals surface area contributed by atoms with Gasteiger partial charge in [0.05, 0.1) is 6.20 Å². The number of nitrogens with zero attached hydrogens (tertiary/aromatic N) is 5. The molecule has 0 spiro atoms. The minimum Gasteiger partial charge on any atom is -0.445 e. The predicted octanol–water partition coefficient (Wildman–Crippen LogP) is 3.49. The molecule has 3 aromatic rings. The first kappa shape index (κ1) is 20.2. The monoisotopic (exact) mass is 426 g/mol. The predicted molar refractivity (Wildman–Crippen MR) is 113 cm³/mol. The van der Waals surface area contributed by atoms with Gasteiger partial charge in [0.2, 0.25) is 0 Å². The van der Waals surface area contributed by atoms with E-state index in [-0.39, 0.29) is 17.1 Å². The van der Waals surface area contributed by atoms with E-state index in [0.717, 1.165) is 30.4 Å². The summed E-state index contributed by atoms with van der Waals surface area (Å²) in [6.07, 6.45) is 6.26. The van der Waals surface area contributed by atoms with Crippen molar-refractivity contribution in [3.8, 4) is 5.69 Å². The third kappa shape index (κ3) is 4.88. The molecule has 0 atom stereocenters. The SMILES string of the molecule is Nc1nnc(Cl)cc1-n1cc(CC2CCN(C(=O)OCc3ccccc3)CC2)cn1. The second-order valence-corrected chi connectivity index (χ2v) is 7.79. The smallest absolute Gasteiger partial charge is 0.410 e. The largest absolute Gasteiger partial charge is 0.445 e. The van der Waals surface area contributed by atoms with Crippen molar-refractivity contribution < 1.29 is 9.53 Å². The lowest BCUT2D eigenvalue weighted by Crippen LogP contribution is -2.39. The fourth-order valence-electron chi connectivity index (χ4n) is 3.61. The van der Waals surface area contributed by atoms with Crippen LogP contribution in [0, 0.1) is 5.92 Å². The van der Waals surface area contributed by atoms with E-state index in [4.69, 9.17) is 22.1 Å². The van der Waals surface area contributed by atoms with Crippen molar-refractivity contribution in [2.75, 3.05) is 18.8 Å². The standard InChI is InChI=1S/C21H23ClN6O2/c22-19-11-18(20(23)26-25-19)28-13-17(12-24-28)10-15-6-8-27(9-7-15)21(29)30-14-16-4-2-1-3-5-16/h1-5,11-13,15H,6-10,14H2,(H2,23,26). The number of aromatic nitrogens is 4. The minimum absolute atomic E-state index is 0.248. The summed E-state index contributed by atoms with van der Waals surface area (Å²) in [5, 5.41) is 12.2. The molecule has 1 aromatic carbocycles. The van der Waals surface area contributed by atoms with Crippen LogP contribution in [0.2, 0.25) is 5.15 Å². The topological polar surface area (TPSA) is 99.2 Å². The zero-order valence-corrected chi connectivity index (χ0v) is 17.2. The van der Waals surface area contributed by atoms with Crippen LogP contribution in [0.5, 0.6) is 0 Å². The quantitative estimate of drug-likeness (QED) is 0.670. The maximum absolute atomic E-state index is 12.3. The van der Waals surface area contributed by atoms with Crippen molar-refractivity contribution >= 4 is 23.5 Å². The summed E-state index contributed by atoms with van der Waals surface area (Å²) in [6.45, 7) is 1.70. The number of hydrogen-bond donors (Lipinski definition) is 1. The number of halogens is 1. The highest BCUT2D eigenvalue weighted by Gasteiger charge is 2.24. The number of ether oxygens (including phenoxy) is 1. The summed E-state index contributed by atoms with van der Waals surface area (Å²) in [5.41, 5.74) is 8.58. The normalized spacial score (nSPS) is 14.6. The van der Waals surface area contributed by atoms with Crippen molar-refractivity contribution in [1.82, 2.24) is 24.9 Å². The van der Waals surface area contributed by atoms with E-state index >= 15 is 0 Å². The molecule has 2 N–H and O–H groups in total. The van der Waals surface area contributed by atoms with Gasteiger partial charge < -0.3 is 15.4 Å². The number of carbonyl (C=O) groups is 1. The Morgan fingerprint density at radius 2 is 1.93 bits per heavy atom. The molecular formula is C21H23ClN6O2. The van der Waals surface area contributed by atoms with E-state index < -0.39 is 0 Å². The van der Waals surface area contributed by atoms with Crippen LogP contribution in [0.15, 0.2) is 48.8 Å². The Bertz CT molecular complexity index is 1000. The molecule has 1 fully saturated rings. The molecule has 0 unspecified atom stereocenters. The molecule has 1 amide bonds. The highest BCUT2D eigenvalue weighted by atomic mass is 35.5. The third-order valence-electron chi connectivity index (χ3n) is 5.26. The first-order chi connectivity index (χ1) is 14.6. The highest BCUT2D eigenvalue weighted by Crippen LogP contribution is 2.23. The Kier molecular flexibility index (Phi) is 6.13. The van der Waals surface area contributed by atoms with Crippen molar-refractivity contribution in [3.05, 3.63) is 65.1 Å². The van der Waals surface area contributed by atoms with E-state index in [0.29, 0.717) is 31.3 Å². The Hall–Kier alpha value is -3.13. The van der Waals surface area contributed by atoms with Crippen LogP contribution in [-0.2, 0) is 17.8 Å². The van der Waals surface area contributed by atoms with Crippen LogP contribution in [0.4, 0.5) is 10.6 Å². The van der Waals surface area contributed by atoms with Crippen LogP contribution in [0.25, 0.3) is 5.69 Å². The summed E-state index contributed by atoms with van der Waals surface area (Å²) in [6, 6.07) is 11.3. The molecule has 2 aromatic heterocycles. The van der Waals surface area contributed by atoms with Gasteiger partial charge in [0.15, 0.2) is 11.0 Å². The van der Waals surface area contributed by atoms with E-state index in [1.807, 2.05) is 42.7 Å². The van der Waals surface area contributed by atoms with Gasteiger partial charge in [0, 0.05) is 25.4 Å². The number of carbonyl (C=O) groups excluding carboxylic acids is 1. The Morgan fingerprint density at radius 1 is 1.17 bits per heavy atom. The second kappa shape index (κ2) is 9.13. The van der Waals surface area contributed by atoms with Crippen LogP contribution in [0.3, 0.4) is 0 Å². The number of likely N-dealkylation sites (tertiary alicyclic amines) is 1. The summed E-state index contributed by atoms with van der Waals surface area (Å²) >= 11 is 5.91. The molecule has 0 saturated carbocycles. The van der Waals surface area contributed by atoms with Gasteiger partial charge in [0.25, 0.3) is 0 Å². The lowest BCUT2D eigenvalue weighted by Gasteiger charge is -2.31. The van der Waals surface area contributed by atoms with Crippen LogP contribution < -0.4 is 5.73 Å². The molecule has 30 heavy (non-hydrogen) atoms.